The summed E-state index contributed by atoms with van der Waals surface area (Å²) in [6.45, 7) is 0. The predicted octanol–water partition coefficient (Wildman–Crippen LogP) is 1.97. The quantitative estimate of drug-likeness (QED) is 0.848. The molecule has 90 valence electrons. The van der Waals surface area contributed by atoms with Crippen LogP contribution < -0.4 is 10.5 Å². The zero-order valence-electron chi connectivity index (χ0n) is 9.37. The number of hydrogen-bond acceptors (Lipinski definition) is 3. The predicted molar refractivity (Wildman–Crippen MR) is 70.5 cm³/mol. The number of ether oxygens (including phenoxy) is 1. The number of benzene rings is 1. The largest absolute Gasteiger partial charge is 0.497 e. The van der Waals surface area contributed by atoms with Crippen molar-refractivity contribution in [1.29, 1.82) is 0 Å². The van der Waals surface area contributed by atoms with Crippen LogP contribution in [0, 0.1) is 0 Å². The van der Waals surface area contributed by atoms with Crippen LogP contribution in [0.15, 0.2) is 24.4 Å². The highest BCUT2D eigenvalue weighted by molar-refractivity contribution is 9.18. The van der Waals surface area contributed by atoms with Crippen molar-refractivity contribution in [3.8, 4) is 5.75 Å². The molecule has 3 N–H and O–H groups in total. The van der Waals surface area contributed by atoms with Crippen LogP contribution >= 0.6 is 15.9 Å². The van der Waals surface area contributed by atoms with Gasteiger partial charge in [0.1, 0.15) is 5.75 Å². The Kier molecular flexibility index (Phi) is 3.49. The standard InChI is InChI=1S/C12H13BrN2O2/c1-17-8-2-3-9-7(4-10(14)12(13)16)6-15-11(9)5-8/h2-3,5-6,10,15H,4,14H2,1H3. The Morgan fingerprint density at radius 2 is 2.35 bits per heavy atom. The summed E-state index contributed by atoms with van der Waals surface area (Å²) in [5, 5.41) is 1.06. The molecule has 1 aromatic carbocycles. The van der Waals surface area contributed by atoms with Gasteiger partial charge in [0.2, 0.25) is 4.69 Å². The van der Waals surface area contributed by atoms with Crippen LogP contribution in [-0.4, -0.2) is 22.8 Å². The number of aromatic nitrogens is 1. The van der Waals surface area contributed by atoms with Gasteiger partial charge in [-0.05, 0) is 40.0 Å². The summed E-state index contributed by atoms with van der Waals surface area (Å²) in [5.74, 6) is 0.798. The van der Waals surface area contributed by atoms with E-state index in [-0.39, 0.29) is 4.69 Å². The zero-order chi connectivity index (χ0) is 12.4. The Labute approximate surface area is 107 Å². The summed E-state index contributed by atoms with van der Waals surface area (Å²) in [6.07, 6.45) is 2.39. The SMILES string of the molecule is COc1ccc2c(CC(N)C(=O)Br)c[nH]c2c1. The molecule has 17 heavy (non-hydrogen) atoms. The van der Waals surface area contributed by atoms with Gasteiger partial charge in [-0.1, -0.05) is 0 Å². The van der Waals surface area contributed by atoms with Crippen LogP contribution in [0.2, 0.25) is 0 Å². The van der Waals surface area contributed by atoms with Crippen LogP contribution in [0.4, 0.5) is 0 Å². The van der Waals surface area contributed by atoms with Crippen LogP contribution in [0.1, 0.15) is 5.56 Å². The lowest BCUT2D eigenvalue weighted by Gasteiger charge is -2.05. The van der Waals surface area contributed by atoms with Gasteiger partial charge in [0.15, 0.2) is 0 Å². The number of fused-ring (bicyclic) bond motifs is 1. The molecule has 4 nitrogen and oxygen atoms in total. The maximum absolute atomic E-state index is 11.1. The van der Waals surface area contributed by atoms with Crippen molar-refractivity contribution in [2.24, 2.45) is 5.73 Å². The molecule has 0 bridgehead atoms. The lowest BCUT2D eigenvalue weighted by molar-refractivity contribution is -0.111. The Morgan fingerprint density at radius 3 is 3.00 bits per heavy atom. The van der Waals surface area contributed by atoms with Crippen molar-refractivity contribution in [1.82, 2.24) is 4.98 Å². The van der Waals surface area contributed by atoms with E-state index in [1.807, 2.05) is 24.4 Å². The molecule has 5 heteroatoms. The number of nitrogens with two attached hydrogens (primary N) is 1. The number of H-pyrrole nitrogens is 1. The van der Waals surface area contributed by atoms with E-state index in [1.165, 1.54) is 0 Å². The normalized spacial score (nSPS) is 12.6. The number of methoxy groups -OCH3 is 1. The summed E-state index contributed by atoms with van der Waals surface area (Å²) < 4.78 is 4.96. The van der Waals surface area contributed by atoms with Gasteiger partial charge in [0, 0.05) is 23.2 Å². The molecule has 1 aromatic heterocycles. The molecule has 0 aliphatic heterocycles. The number of hydrogen-bond donors (Lipinski definition) is 2. The monoisotopic (exact) mass is 296 g/mol. The maximum Gasteiger partial charge on any atom is 0.214 e. The Balaban J connectivity index is 2.33. The average molecular weight is 297 g/mol. The number of halogens is 1. The molecule has 1 atom stereocenters. The molecule has 0 amide bonds. The lowest BCUT2D eigenvalue weighted by Crippen LogP contribution is -2.28. The highest BCUT2D eigenvalue weighted by Gasteiger charge is 2.13. The molecule has 2 aromatic rings. The van der Waals surface area contributed by atoms with E-state index < -0.39 is 6.04 Å². The molecule has 2 rings (SSSR count). The highest BCUT2D eigenvalue weighted by Crippen LogP contribution is 2.24. The third-order valence-electron chi connectivity index (χ3n) is 2.71. The second kappa shape index (κ2) is 4.89. The summed E-state index contributed by atoms with van der Waals surface area (Å²) in [4.78, 5) is 14.2. The lowest BCUT2D eigenvalue weighted by atomic mass is 10.1. The number of carbonyl (C=O) groups excluding carboxylic acids is 1. The van der Waals surface area contributed by atoms with E-state index in [1.54, 1.807) is 7.11 Å². The van der Waals surface area contributed by atoms with E-state index in [0.29, 0.717) is 6.42 Å². The minimum Gasteiger partial charge on any atom is -0.497 e. The van der Waals surface area contributed by atoms with E-state index in [2.05, 4.69) is 20.9 Å². The second-order valence-electron chi connectivity index (χ2n) is 3.84. The van der Waals surface area contributed by atoms with Gasteiger partial charge >= 0.3 is 0 Å². The molecule has 0 aliphatic rings. The van der Waals surface area contributed by atoms with E-state index in [0.717, 1.165) is 22.2 Å². The summed E-state index contributed by atoms with van der Waals surface area (Å²) in [5.41, 5.74) is 7.73. The highest BCUT2D eigenvalue weighted by atomic mass is 79.9. The van der Waals surface area contributed by atoms with Gasteiger partial charge in [-0.3, -0.25) is 4.79 Å². The molecular formula is C12H13BrN2O2. The number of nitrogens with one attached hydrogen (secondary N) is 1. The average Bonchev–Trinajstić information content (AvgIpc) is 2.71. The van der Waals surface area contributed by atoms with Crippen LogP contribution in [0.25, 0.3) is 10.9 Å². The van der Waals surface area contributed by atoms with Crippen LogP contribution in [-0.2, 0) is 11.2 Å². The van der Waals surface area contributed by atoms with Gasteiger partial charge in [-0.2, -0.15) is 0 Å². The van der Waals surface area contributed by atoms with E-state index in [4.69, 9.17) is 10.5 Å². The first-order chi connectivity index (χ1) is 8.11. The van der Waals surface area contributed by atoms with E-state index >= 15 is 0 Å². The topological polar surface area (TPSA) is 68.1 Å². The number of carbonyl (C=O) groups is 1. The molecule has 0 radical (unpaired) electrons. The fourth-order valence-electron chi connectivity index (χ4n) is 1.78. The van der Waals surface area contributed by atoms with Gasteiger partial charge in [0.25, 0.3) is 0 Å². The second-order valence-corrected chi connectivity index (χ2v) is 4.62. The molecule has 0 saturated heterocycles. The number of aromatic amines is 1. The molecule has 0 fully saturated rings. The molecular weight excluding hydrogens is 284 g/mol. The smallest absolute Gasteiger partial charge is 0.214 e. The summed E-state index contributed by atoms with van der Waals surface area (Å²) >= 11 is 2.88. The first-order valence-electron chi connectivity index (χ1n) is 5.20. The van der Waals surface area contributed by atoms with Gasteiger partial charge in [-0.15, -0.1) is 0 Å². The Hall–Kier alpha value is -1.33. The molecule has 0 spiro atoms. The summed E-state index contributed by atoms with van der Waals surface area (Å²) in [7, 11) is 1.63. The van der Waals surface area contributed by atoms with Crippen LogP contribution in [0.5, 0.6) is 5.75 Å². The van der Waals surface area contributed by atoms with Gasteiger partial charge in [-0.25, -0.2) is 0 Å². The molecule has 0 aliphatic carbocycles. The third kappa shape index (κ3) is 2.50. The minimum absolute atomic E-state index is 0.180. The van der Waals surface area contributed by atoms with Crippen molar-refractivity contribution >= 4 is 31.5 Å². The van der Waals surface area contributed by atoms with Crippen molar-refractivity contribution < 1.29 is 9.53 Å². The van der Waals surface area contributed by atoms with Crippen molar-refractivity contribution in [2.75, 3.05) is 7.11 Å². The molecule has 1 heterocycles. The summed E-state index contributed by atoms with van der Waals surface area (Å²) in [6, 6.07) is 5.25. The van der Waals surface area contributed by atoms with Crippen molar-refractivity contribution in [3.05, 3.63) is 30.0 Å². The Bertz CT molecular complexity index is 550. The third-order valence-corrected chi connectivity index (χ3v) is 3.29. The Morgan fingerprint density at radius 1 is 1.59 bits per heavy atom. The zero-order valence-corrected chi connectivity index (χ0v) is 11.0. The van der Waals surface area contributed by atoms with Gasteiger partial charge < -0.3 is 15.5 Å². The van der Waals surface area contributed by atoms with Crippen molar-refractivity contribution in [3.63, 3.8) is 0 Å². The first kappa shape index (κ1) is 12.1. The van der Waals surface area contributed by atoms with Gasteiger partial charge in [0.05, 0.1) is 13.2 Å². The minimum atomic E-state index is -0.517. The fraction of sp³-hybridized carbons (Fsp3) is 0.250. The maximum atomic E-state index is 11.1. The molecule has 1 unspecified atom stereocenters. The number of rotatable bonds is 4. The fourth-order valence-corrected chi connectivity index (χ4v) is 1.94. The van der Waals surface area contributed by atoms with E-state index in [9.17, 15) is 4.79 Å². The van der Waals surface area contributed by atoms with Crippen LogP contribution in [0.3, 0.4) is 0 Å². The van der Waals surface area contributed by atoms with Crippen molar-refractivity contribution in [2.45, 2.75) is 12.5 Å². The molecule has 0 saturated carbocycles. The first-order valence-corrected chi connectivity index (χ1v) is 6.00.